The minimum absolute atomic E-state index is 0.495. The highest BCUT2D eigenvalue weighted by molar-refractivity contribution is 4.73. The van der Waals surface area contributed by atoms with Crippen LogP contribution in [0, 0.1) is 0 Å². The summed E-state index contributed by atoms with van der Waals surface area (Å²) in [6.45, 7) is 9.05. The maximum Gasteiger partial charge on any atom is 0.0702 e. The number of piperidine rings is 1. The Bertz CT molecular complexity index is 199. The van der Waals surface area contributed by atoms with Gasteiger partial charge in [0.1, 0.15) is 0 Å². The molecule has 0 aromatic carbocycles. The summed E-state index contributed by atoms with van der Waals surface area (Å²) in [5, 5.41) is 3.30. The first-order valence-corrected chi connectivity index (χ1v) is 7.77. The molecule has 0 aromatic heterocycles. The lowest BCUT2D eigenvalue weighted by Gasteiger charge is -2.32. The van der Waals surface area contributed by atoms with Crippen LogP contribution < -0.4 is 5.32 Å². The number of nitrogens with zero attached hydrogens (tertiary/aromatic N) is 1. The lowest BCUT2D eigenvalue weighted by atomic mass is 10.1. The van der Waals surface area contributed by atoms with Crippen molar-refractivity contribution in [1.82, 2.24) is 10.2 Å². The quantitative estimate of drug-likeness (QED) is 0.642. The highest BCUT2D eigenvalue weighted by Crippen LogP contribution is 2.14. The molecule has 0 bridgehead atoms. The van der Waals surface area contributed by atoms with E-state index >= 15 is 0 Å². The van der Waals surface area contributed by atoms with E-state index in [0.717, 1.165) is 19.6 Å². The normalized spacial score (nSPS) is 23.2. The van der Waals surface area contributed by atoms with E-state index in [9.17, 15) is 0 Å². The summed E-state index contributed by atoms with van der Waals surface area (Å²) in [5.74, 6) is 0. The molecular formula is C15H32N2O. The number of nitrogens with one attached hydrogen (secondary N) is 1. The van der Waals surface area contributed by atoms with Crippen LogP contribution in [0.4, 0.5) is 0 Å². The first kappa shape index (κ1) is 15.9. The predicted octanol–water partition coefficient (Wildman–Crippen LogP) is 2.66. The standard InChI is InChI=1S/C15H32N2O/c1-4-12-18-15-9-7-11-17(13-15)10-6-5-8-14(2)16-3/h14-16H,4-13H2,1-3H3. The maximum absolute atomic E-state index is 5.87. The molecule has 1 saturated heterocycles. The molecule has 0 spiro atoms. The van der Waals surface area contributed by atoms with Gasteiger partial charge in [-0.15, -0.1) is 0 Å². The number of ether oxygens (including phenoxy) is 1. The summed E-state index contributed by atoms with van der Waals surface area (Å²) in [6.07, 6.45) is 8.15. The third-order valence-corrected chi connectivity index (χ3v) is 3.87. The van der Waals surface area contributed by atoms with Crippen LogP contribution in [0.2, 0.25) is 0 Å². The molecule has 1 aliphatic heterocycles. The molecule has 1 aliphatic rings. The molecule has 18 heavy (non-hydrogen) atoms. The predicted molar refractivity (Wildman–Crippen MR) is 78.1 cm³/mol. The summed E-state index contributed by atoms with van der Waals surface area (Å²) < 4.78 is 5.87. The molecular weight excluding hydrogens is 224 g/mol. The minimum Gasteiger partial charge on any atom is -0.377 e. The number of rotatable bonds is 9. The molecule has 108 valence electrons. The first-order chi connectivity index (χ1) is 8.76. The zero-order valence-electron chi connectivity index (χ0n) is 12.6. The molecule has 1 heterocycles. The topological polar surface area (TPSA) is 24.5 Å². The van der Waals surface area contributed by atoms with Gasteiger partial charge >= 0.3 is 0 Å². The van der Waals surface area contributed by atoms with Crippen LogP contribution in [0.1, 0.15) is 52.4 Å². The molecule has 3 nitrogen and oxygen atoms in total. The van der Waals surface area contributed by atoms with E-state index in [2.05, 4.69) is 24.1 Å². The molecule has 0 amide bonds. The summed E-state index contributed by atoms with van der Waals surface area (Å²) >= 11 is 0. The van der Waals surface area contributed by atoms with Crippen molar-refractivity contribution in [3.05, 3.63) is 0 Å². The van der Waals surface area contributed by atoms with Crippen LogP contribution in [0.3, 0.4) is 0 Å². The lowest BCUT2D eigenvalue weighted by molar-refractivity contribution is -0.000385. The van der Waals surface area contributed by atoms with Gasteiger partial charge in [-0.1, -0.05) is 13.3 Å². The second-order valence-corrected chi connectivity index (χ2v) is 5.62. The van der Waals surface area contributed by atoms with E-state index < -0.39 is 0 Å². The molecule has 1 N–H and O–H groups in total. The van der Waals surface area contributed by atoms with Crippen molar-refractivity contribution < 1.29 is 4.74 Å². The fraction of sp³-hybridized carbons (Fsp3) is 1.00. The molecule has 0 radical (unpaired) electrons. The second kappa shape index (κ2) is 9.76. The Morgan fingerprint density at radius 3 is 2.94 bits per heavy atom. The summed E-state index contributed by atoms with van der Waals surface area (Å²) in [5.41, 5.74) is 0. The average molecular weight is 256 g/mol. The molecule has 3 heteroatoms. The van der Waals surface area contributed by atoms with Crippen molar-refractivity contribution in [3.63, 3.8) is 0 Å². The van der Waals surface area contributed by atoms with Gasteiger partial charge in [-0.25, -0.2) is 0 Å². The van der Waals surface area contributed by atoms with Gasteiger partial charge in [0, 0.05) is 19.2 Å². The monoisotopic (exact) mass is 256 g/mol. The Balaban J connectivity index is 2.06. The van der Waals surface area contributed by atoms with Crippen LogP contribution in [0.5, 0.6) is 0 Å². The third kappa shape index (κ3) is 6.72. The van der Waals surface area contributed by atoms with Gasteiger partial charge in [0.25, 0.3) is 0 Å². The zero-order valence-corrected chi connectivity index (χ0v) is 12.6. The molecule has 0 saturated carbocycles. The highest BCUT2D eigenvalue weighted by Gasteiger charge is 2.19. The Morgan fingerprint density at radius 2 is 2.22 bits per heavy atom. The Hall–Kier alpha value is -0.120. The number of likely N-dealkylation sites (tertiary alicyclic amines) is 1. The van der Waals surface area contributed by atoms with Gasteiger partial charge in [0.2, 0.25) is 0 Å². The van der Waals surface area contributed by atoms with E-state index in [0.29, 0.717) is 12.1 Å². The van der Waals surface area contributed by atoms with Crippen molar-refractivity contribution in [2.75, 3.05) is 33.3 Å². The van der Waals surface area contributed by atoms with E-state index in [-0.39, 0.29) is 0 Å². The van der Waals surface area contributed by atoms with Crippen molar-refractivity contribution >= 4 is 0 Å². The minimum atomic E-state index is 0.495. The number of hydrogen-bond acceptors (Lipinski definition) is 3. The van der Waals surface area contributed by atoms with Crippen LogP contribution >= 0.6 is 0 Å². The second-order valence-electron chi connectivity index (χ2n) is 5.62. The molecule has 2 atom stereocenters. The molecule has 2 unspecified atom stereocenters. The summed E-state index contributed by atoms with van der Waals surface area (Å²) in [4.78, 5) is 2.59. The molecule has 0 aromatic rings. The van der Waals surface area contributed by atoms with Crippen LogP contribution in [-0.4, -0.2) is 50.3 Å². The van der Waals surface area contributed by atoms with E-state index in [1.54, 1.807) is 0 Å². The Labute approximate surface area is 113 Å². The fourth-order valence-corrected chi connectivity index (χ4v) is 2.57. The molecule has 0 aliphatic carbocycles. The van der Waals surface area contributed by atoms with Crippen molar-refractivity contribution in [2.24, 2.45) is 0 Å². The summed E-state index contributed by atoms with van der Waals surface area (Å²) in [6, 6.07) is 0.659. The van der Waals surface area contributed by atoms with Crippen LogP contribution in [0.25, 0.3) is 0 Å². The van der Waals surface area contributed by atoms with Gasteiger partial charge in [-0.3, -0.25) is 0 Å². The highest BCUT2D eigenvalue weighted by atomic mass is 16.5. The van der Waals surface area contributed by atoms with Crippen LogP contribution in [-0.2, 0) is 4.74 Å². The average Bonchev–Trinajstić information content (AvgIpc) is 2.41. The third-order valence-electron chi connectivity index (χ3n) is 3.87. The van der Waals surface area contributed by atoms with Crippen molar-refractivity contribution in [2.45, 2.75) is 64.5 Å². The van der Waals surface area contributed by atoms with Gasteiger partial charge in [-0.2, -0.15) is 0 Å². The van der Waals surface area contributed by atoms with Crippen LogP contribution in [0.15, 0.2) is 0 Å². The van der Waals surface area contributed by atoms with Gasteiger partial charge in [0.05, 0.1) is 6.10 Å². The maximum atomic E-state index is 5.87. The van der Waals surface area contributed by atoms with Gasteiger partial charge in [0.15, 0.2) is 0 Å². The number of hydrogen-bond donors (Lipinski definition) is 1. The number of unbranched alkanes of at least 4 members (excludes halogenated alkanes) is 1. The Morgan fingerprint density at radius 1 is 1.39 bits per heavy atom. The van der Waals surface area contributed by atoms with Crippen molar-refractivity contribution in [3.8, 4) is 0 Å². The smallest absolute Gasteiger partial charge is 0.0702 e. The van der Waals surface area contributed by atoms with E-state index in [1.165, 1.54) is 45.2 Å². The first-order valence-electron chi connectivity index (χ1n) is 7.77. The van der Waals surface area contributed by atoms with Crippen molar-refractivity contribution in [1.29, 1.82) is 0 Å². The lowest BCUT2D eigenvalue weighted by Crippen LogP contribution is -2.40. The fourth-order valence-electron chi connectivity index (χ4n) is 2.57. The summed E-state index contributed by atoms with van der Waals surface area (Å²) in [7, 11) is 2.05. The zero-order chi connectivity index (χ0) is 13.2. The van der Waals surface area contributed by atoms with E-state index in [4.69, 9.17) is 4.74 Å². The van der Waals surface area contributed by atoms with Gasteiger partial charge < -0.3 is 15.0 Å². The van der Waals surface area contributed by atoms with E-state index in [1.807, 2.05) is 7.05 Å². The SMILES string of the molecule is CCCOC1CCCN(CCCCC(C)NC)C1. The van der Waals surface area contributed by atoms with Gasteiger partial charge in [-0.05, 0) is 59.2 Å². The molecule has 1 rings (SSSR count). The Kier molecular flexibility index (Phi) is 8.64. The molecule has 1 fully saturated rings. The largest absolute Gasteiger partial charge is 0.377 e.